The van der Waals surface area contributed by atoms with Crippen molar-refractivity contribution in [3.63, 3.8) is 0 Å². The summed E-state index contributed by atoms with van der Waals surface area (Å²) in [6, 6.07) is 0. The third kappa shape index (κ3) is 3.02. The minimum atomic E-state index is -0.904. The topological polar surface area (TPSA) is 20.2 Å². The molecule has 3 heteroatoms. The van der Waals surface area contributed by atoms with Crippen LogP contribution in [0.5, 0.6) is 0 Å². The summed E-state index contributed by atoms with van der Waals surface area (Å²) in [4.78, 5) is 0. The second kappa shape index (κ2) is 2.11. The Bertz CT molecular complexity index is 82.2. The van der Waals surface area contributed by atoms with Gasteiger partial charge in [0.05, 0.1) is 9.80 Å². The van der Waals surface area contributed by atoms with E-state index < -0.39 is 5.60 Å². The molecule has 0 rings (SSSR count). The maximum Gasteiger partial charge on any atom is 0.0997 e. The fourth-order valence-electron chi connectivity index (χ4n) is 0. The molecular formula is C4H8OS2. The minimum Gasteiger partial charge on any atom is -0.384 e. The summed E-state index contributed by atoms with van der Waals surface area (Å²) in [5.74, 6) is 0. The maximum absolute atomic E-state index is 8.88. The van der Waals surface area contributed by atoms with Gasteiger partial charge in [-0.3, -0.25) is 0 Å². The highest BCUT2D eigenvalue weighted by molar-refractivity contribution is 8.11. The molecule has 0 spiro atoms. The average molecular weight is 136 g/mol. The van der Waals surface area contributed by atoms with Crippen molar-refractivity contribution in [3.8, 4) is 0 Å². The van der Waals surface area contributed by atoms with E-state index in [1.165, 1.54) is 0 Å². The quantitative estimate of drug-likeness (QED) is 0.414. The van der Waals surface area contributed by atoms with Gasteiger partial charge in [0, 0.05) is 0 Å². The van der Waals surface area contributed by atoms with Crippen molar-refractivity contribution in [1.29, 1.82) is 0 Å². The number of hydrogen-bond donors (Lipinski definition) is 2. The summed E-state index contributed by atoms with van der Waals surface area (Å²) in [7, 11) is 0. The van der Waals surface area contributed by atoms with Crippen molar-refractivity contribution in [2.45, 2.75) is 19.4 Å². The van der Waals surface area contributed by atoms with Crippen LogP contribution >= 0.6 is 24.8 Å². The summed E-state index contributed by atoms with van der Waals surface area (Å²) in [6.07, 6.45) is 0. The third-order valence-electron chi connectivity index (χ3n) is 0.523. The number of thiol groups is 1. The molecule has 0 aromatic carbocycles. The summed E-state index contributed by atoms with van der Waals surface area (Å²) < 4.78 is 0.326. The highest BCUT2D eigenvalue weighted by atomic mass is 32.1. The molecule has 0 unspecified atom stereocenters. The Labute approximate surface area is 54.1 Å². The lowest BCUT2D eigenvalue weighted by Crippen LogP contribution is -2.24. The second-order valence-corrected chi connectivity index (χ2v) is 3.02. The van der Waals surface area contributed by atoms with Crippen LogP contribution in [0.2, 0.25) is 0 Å². The molecule has 0 aliphatic rings. The van der Waals surface area contributed by atoms with Crippen LogP contribution in [0.3, 0.4) is 0 Å². The fraction of sp³-hybridized carbons (Fsp3) is 0.750. The predicted molar refractivity (Wildman–Crippen MR) is 37.9 cm³/mol. The van der Waals surface area contributed by atoms with Gasteiger partial charge in [-0.25, -0.2) is 0 Å². The number of aliphatic hydroxyl groups is 1. The first-order valence-electron chi connectivity index (χ1n) is 1.90. The molecule has 0 amide bonds. The maximum atomic E-state index is 8.88. The van der Waals surface area contributed by atoms with E-state index in [2.05, 4.69) is 24.8 Å². The van der Waals surface area contributed by atoms with E-state index in [4.69, 9.17) is 5.11 Å². The van der Waals surface area contributed by atoms with Crippen LogP contribution < -0.4 is 0 Å². The molecular weight excluding hydrogens is 128 g/mol. The van der Waals surface area contributed by atoms with Gasteiger partial charge in [0.25, 0.3) is 0 Å². The van der Waals surface area contributed by atoms with Crippen LogP contribution in [0.4, 0.5) is 0 Å². The standard InChI is InChI=1S/C4H8OS2/c1-4(2,5)3(6)7/h5H,1-2H3,(H,6,7). The third-order valence-corrected chi connectivity index (χ3v) is 1.57. The zero-order chi connectivity index (χ0) is 6.08. The molecule has 0 heterocycles. The van der Waals surface area contributed by atoms with Crippen molar-refractivity contribution in [3.05, 3.63) is 0 Å². The van der Waals surface area contributed by atoms with Crippen LogP contribution in [0, 0.1) is 0 Å². The molecule has 0 bridgehead atoms. The van der Waals surface area contributed by atoms with E-state index in [0.717, 1.165) is 0 Å². The SMILES string of the molecule is CC(C)(O)C(=S)S. The summed E-state index contributed by atoms with van der Waals surface area (Å²) in [5, 5.41) is 8.88. The number of hydrogen-bond acceptors (Lipinski definition) is 2. The fourth-order valence-corrected chi connectivity index (χ4v) is 0. The Morgan fingerprint density at radius 2 is 1.86 bits per heavy atom. The van der Waals surface area contributed by atoms with Gasteiger partial charge in [-0.15, -0.1) is 12.6 Å². The molecule has 0 atom stereocenters. The van der Waals surface area contributed by atoms with E-state index in [1.807, 2.05) is 0 Å². The van der Waals surface area contributed by atoms with Crippen LogP contribution in [0.25, 0.3) is 0 Å². The van der Waals surface area contributed by atoms with Gasteiger partial charge in [0.15, 0.2) is 0 Å². The molecule has 0 aliphatic carbocycles. The number of rotatable bonds is 1. The Morgan fingerprint density at radius 3 is 1.86 bits per heavy atom. The molecule has 0 fully saturated rings. The van der Waals surface area contributed by atoms with Crippen LogP contribution in [0.1, 0.15) is 13.8 Å². The van der Waals surface area contributed by atoms with Gasteiger partial charge in [-0.2, -0.15) is 0 Å². The smallest absolute Gasteiger partial charge is 0.0997 e. The predicted octanol–water partition coefficient (Wildman–Crippen LogP) is 1.01. The number of thiocarbonyl (C=S) groups is 1. The first-order valence-corrected chi connectivity index (χ1v) is 2.76. The molecule has 0 radical (unpaired) electrons. The Kier molecular flexibility index (Phi) is 2.23. The zero-order valence-corrected chi connectivity index (χ0v) is 6.01. The average Bonchev–Trinajstić information content (AvgIpc) is 1.31. The first-order chi connectivity index (χ1) is 2.94. The summed E-state index contributed by atoms with van der Waals surface area (Å²) in [5.41, 5.74) is -0.904. The zero-order valence-electron chi connectivity index (χ0n) is 4.30. The molecule has 1 N–H and O–H groups in total. The molecule has 1 nitrogen and oxygen atoms in total. The van der Waals surface area contributed by atoms with Crippen molar-refractivity contribution in [1.82, 2.24) is 0 Å². The van der Waals surface area contributed by atoms with Crippen molar-refractivity contribution >= 4 is 29.0 Å². The van der Waals surface area contributed by atoms with Gasteiger partial charge in [0.1, 0.15) is 0 Å². The van der Waals surface area contributed by atoms with Crippen molar-refractivity contribution in [2.75, 3.05) is 0 Å². The normalized spacial score (nSPS) is 11.4. The molecule has 7 heavy (non-hydrogen) atoms. The lowest BCUT2D eigenvalue weighted by molar-refractivity contribution is 0.160. The van der Waals surface area contributed by atoms with Gasteiger partial charge < -0.3 is 5.11 Å². The monoisotopic (exact) mass is 136 g/mol. The molecule has 0 aliphatic heterocycles. The lowest BCUT2D eigenvalue weighted by atomic mass is 10.2. The molecule has 0 saturated heterocycles. The summed E-state index contributed by atoms with van der Waals surface area (Å²) >= 11 is 8.31. The Morgan fingerprint density at radius 1 is 1.71 bits per heavy atom. The van der Waals surface area contributed by atoms with Gasteiger partial charge in [-0.1, -0.05) is 12.2 Å². The highest BCUT2D eigenvalue weighted by Gasteiger charge is 2.14. The minimum absolute atomic E-state index is 0.326. The van der Waals surface area contributed by atoms with Crippen molar-refractivity contribution in [2.24, 2.45) is 0 Å². The van der Waals surface area contributed by atoms with Crippen LogP contribution in [0.15, 0.2) is 0 Å². The lowest BCUT2D eigenvalue weighted by Gasteiger charge is -2.12. The van der Waals surface area contributed by atoms with E-state index in [1.54, 1.807) is 13.8 Å². The van der Waals surface area contributed by atoms with Gasteiger partial charge >= 0.3 is 0 Å². The second-order valence-electron chi connectivity index (χ2n) is 1.86. The van der Waals surface area contributed by atoms with Crippen LogP contribution in [-0.2, 0) is 0 Å². The molecule has 0 saturated carbocycles. The summed E-state index contributed by atoms with van der Waals surface area (Å²) in [6.45, 7) is 3.20. The highest BCUT2D eigenvalue weighted by Crippen LogP contribution is 2.06. The Balaban J connectivity index is 3.79. The van der Waals surface area contributed by atoms with Gasteiger partial charge in [0.2, 0.25) is 0 Å². The van der Waals surface area contributed by atoms with Crippen molar-refractivity contribution < 1.29 is 5.11 Å². The molecule has 0 aromatic heterocycles. The first kappa shape index (κ1) is 7.40. The van der Waals surface area contributed by atoms with E-state index in [-0.39, 0.29) is 0 Å². The molecule has 0 aromatic rings. The van der Waals surface area contributed by atoms with E-state index >= 15 is 0 Å². The van der Waals surface area contributed by atoms with Gasteiger partial charge in [-0.05, 0) is 13.8 Å². The van der Waals surface area contributed by atoms with E-state index in [9.17, 15) is 0 Å². The molecule has 42 valence electrons. The van der Waals surface area contributed by atoms with Crippen LogP contribution in [-0.4, -0.2) is 14.9 Å². The van der Waals surface area contributed by atoms with E-state index in [0.29, 0.717) is 4.20 Å². The Hall–Kier alpha value is 0.400. The largest absolute Gasteiger partial charge is 0.384 e.